The molecule has 212 valence electrons. The SMILES string of the molecule is C=CCOCC(C(=O)NC[C@@H](C)NC(=O)C1(COCC=C)CCN(C(=O)OC(C)(C)C)CC1)C(C)(C)C. The van der Waals surface area contributed by atoms with Crippen molar-refractivity contribution in [2.45, 2.75) is 73.0 Å². The normalized spacial score (nSPS) is 17.3. The van der Waals surface area contributed by atoms with Crippen LogP contribution in [0.1, 0.15) is 61.3 Å². The Balaban J connectivity index is 2.77. The van der Waals surface area contributed by atoms with Gasteiger partial charge in [-0.3, -0.25) is 9.59 Å². The minimum absolute atomic E-state index is 0.118. The van der Waals surface area contributed by atoms with Gasteiger partial charge in [-0.2, -0.15) is 0 Å². The van der Waals surface area contributed by atoms with Crippen LogP contribution in [0.5, 0.6) is 0 Å². The van der Waals surface area contributed by atoms with E-state index in [-0.39, 0.29) is 48.4 Å². The number of rotatable bonds is 13. The Morgan fingerprint density at radius 2 is 1.57 bits per heavy atom. The highest BCUT2D eigenvalue weighted by atomic mass is 16.6. The summed E-state index contributed by atoms with van der Waals surface area (Å²) in [4.78, 5) is 40.5. The third-order valence-corrected chi connectivity index (χ3v) is 6.31. The van der Waals surface area contributed by atoms with Crippen molar-refractivity contribution < 1.29 is 28.6 Å². The largest absolute Gasteiger partial charge is 0.444 e. The lowest BCUT2D eigenvalue weighted by Crippen LogP contribution is -2.55. The van der Waals surface area contributed by atoms with Crippen LogP contribution in [0, 0.1) is 16.7 Å². The molecule has 0 aromatic heterocycles. The Bertz CT molecular complexity index is 776. The standard InChI is InChI=1S/C28H49N3O6/c1-10-16-35-19-22(26(4,5)6)23(32)29-18-21(3)30-24(33)28(20-36-17-11-2)12-14-31(15-13-28)25(34)37-27(7,8)9/h10-11,21-22H,1-2,12-20H2,3-9H3,(H,29,32)(H,30,33)/t21-,22?/m1/s1. The van der Waals surface area contributed by atoms with Gasteiger partial charge in [-0.25, -0.2) is 4.79 Å². The number of hydrogen-bond donors (Lipinski definition) is 2. The fraction of sp³-hybridized carbons (Fsp3) is 0.750. The summed E-state index contributed by atoms with van der Waals surface area (Å²) in [5.74, 6) is -0.609. The molecule has 0 bridgehead atoms. The number of ether oxygens (including phenoxy) is 3. The molecule has 9 nitrogen and oxygen atoms in total. The number of carbonyl (C=O) groups excluding carboxylic acids is 3. The number of carbonyl (C=O) groups is 3. The van der Waals surface area contributed by atoms with Crippen molar-refractivity contribution in [3.05, 3.63) is 25.3 Å². The summed E-state index contributed by atoms with van der Waals surface area (Å²) in [6.45, 7) is 22.9. The monoisotopic (exact) mass is 523 g/mol. The minimum atomic E-state index is -0.785. The van der Waals surface area contributed by atoms with E-state index >= 15 is 0 Å². The highest BCUT2D eigenvalue weighted by Gasteiger charge is 2.43. The van der Waals surface area contributed by atoms with Gasteiger partial charge in [0.15, 0.2) is 0 Å². The summed E-state index contributed by atoms with van der Waals surface area (Å²) >= 11 is 0. The molecule has 37 heavy (non-hydrogen) atoms. The predicted octanol–water partition coefficient (Wildman–Crippen LogP) is 3.69. The van der Waals surface area contributed by atoms with E-state index in [4.69, 9.17) is 14.2 Å². The summed E-state index contributed by atoms with van der Waals surface area (Å²) in [6.07, 6.45) is 3.81. The molecule has 1 aliphatic rings. The lowest BCUT2D eigenvalue weighted by atomic mass is 9.78. The molecule has 1 unspecified atom stereocenters. The first kappa shape index (κ1) is 32.6. The van der Waals surface area contributed by atoms with Crippen molar-refractivity contribution in [3.63, 3.8) is 0 Å². The van der Waals surface area contributed by atoms with E-state index in [9.17, 15) is 14.4 Å². The molecule has 0 spiro atoms. The van der Waals surface area contributed by atoms with Crippen LogP contribution in [0.3, 0.4) is 0 Å². The summed E-state index contributed by atoms with van der Waals surface area (Å²) in [5.41, 5.74) is -1.65. The Morgan fingerprint density at radius 3 is 2.08 bits per heavy atom. The second kappa shape index (κ2) is 14.5. The Hall–Kier alpha value is -2.39. The van der Waals surface area contributed by atoms with E-state index in [1.807, 2.05) is 48.5 Å². The van der Waals surface area contributed by atoms with Crippen LogP contribution in [0.2, 0.25) is 0 Å². The molecule has 2 N–H and O–H groups in total. The topological polar surface area (TPSA) is 106 Å². The van der Waals surface area contributed by atoms with E-state index in [1.165, 1.54) is 0 Å². The van der Waals surface area contributed by atoms with Crippen LogP contribution in [-0.4, -0.2) is 80.5 Å². The van der Waals surface area contributed by atoms with Gasteiger partial charge in [0, 0.05) is 25.7 Å². The van der Waals surface area contributed by atoms with E-state index < -0.39 is 11.0 Å². The van der Waals surface area contributed by atoms with Gasteiger partial charge in [0.1, 0.15) is 5.60 Å². The van der Waals surface area contributed by atoms with Crippen LogP contribution < -0.4 is 10.6 Å². The zero-order valence-corrected chi connectivity index (χ0v) is 24.0. The minimum Gasteiger partial charge on any atom is -0.444 e. The number of nitrogens with one attached hydrogen (secondary N) is 2. The van der Waals surface area contributed by atoms with Crippen LogP contribution in [0.15, 0.2) is 25.3 Å². The van der Waals surface area contributed by atoms with E-state index in [0.29, 0.717) is 45.8 Å². The van der Waals surface area contributed by atoms with Gasteiger partial charge in [-0.15, -0.1) is 13.2 Å². The molecule has 0 saturated carbocycles. The third kappa shape index (κ3) is 11.3. The molecule has 1 saturated heterocycles. The number of hydrogen-bond acceptors (Lipinski definition) is 6. The quantitative estimate of drug-likeness (QED) is 0.282. The number of piperidine rings is 1. The zero-order chi connectivity index (χ0) is 28.3. The first-order valence-corrected chi connectivity index (χ1v) is 13.1. The van der Waals surface area contributed by atoms with Gasteiger partial charge in [0.25, 0.3) is 0 Å². The molecular formula is C28H49N3O6. The summed E-state index contributed by atoms with van der Waals surface area (Å²) in [6, 6.07) is -0.300. The number of amides is 3. The molecule has 1 fully saturated rings. The number of nitrogens with zero attached hydrogens (tertiary/aromatic N) is 1. The Morgan fingerprint density at radius 1 is 1.00 bits per heavy atom. The third-order valence-electron chi connectivity index (χ3n) is 6.31. The highest BCUT2D eigenvalue weighted by molar-refractivity contribution is 5.84. The van der Waals surface area contributed by atoms with Crippen molar-refractivity contribution in [1.29, 1.82) is 0 Å². The van der Waals surface area contributed by atoms with Crippen molar-refractivity contribution in [2.24, 2.45) is 16.7 Å². The molecule has 1 aliphatic heterocycles. The molecule has 0 aromatic carbocycles. The van der Waals surface area contributed by atoms with Crippen LogP contribution >= 0.6 is 0 Å². The van der Waals surface area contributed by atoms with E-state index in [1.54, 1.807) is 17.1 Å². The average Bonchev–Trinajstić information content (AvgIpc) is 2.79. The molecule has 2 atom stereocenters. The second-order valence-corrected chi connectivity index (χ2v) is 11.9. The molecular weight excluding hydrogens is 474 g/mol. The second-order valence-electron chi connectivity index (χ2n) is 11.9. The first-order valence-electron chi connectivity index (χ1n) is 13.1. The van der Waals surface area contributed by atoms with Crippen LogP contribution in [-0.2, 0) is 23.8 Å². The molecule has 0 aliphatic carbocycles. The van der Waals surface area contributed by atoms with Crippen LogP contribution in [0.4, 0.5) is 4.79 Å². The van der Waals surface area contributed by atoms with Gasteiger partial charge in [0.05, 0.1) is 37.8 Å². The fourth-order valence-corrected chi connectivity index (χ4v) is 4.01. The molecule has 1 rings (SSSR count). The maximum Gasteiger partial charge on any atom is 0.410 e. The fourth-order valence-electron chi connectivity index (χ4n) is 4.01. The first-order chi connectivity index (χ1) is 17.1. The zero-order valence-electron chi connectivity index (χ0n) is 24.0. The highest BCUT2D eigenvalue weighted by Crippen LogP contribution is 2.33. The van der Waals surface area contributed by atoms with Gasteiger partial charge in [-0.1, -0.05) is 32.9 Å². The molecule has 0 aromatic rings. The van der Waals surface area contributed by atoms with Gasteiger partial charge in [0.2, 0.25) is 11.8 Å². The maximum absolute atomic E-state index is 13.4. The van der Waals surface area contributed by atoms with Gasteiger partial charge >= 0.3 is 6.09 Å². The summed E-state index contributed by atoms with van der Waals surface area (Å²) < 4.78 is 16.7. The van der Waals surface area contributed by atoms with Crippen molar-refractivity contribution >= 4 is 17.9 Å². The molecule has 0 radical (unpaired) electrons. The van der Waals surface area contributed by atoms with Crippen molar-refractivity contribution in [1.82, 2.24) is 15.5 Å². The van der Waals surface area contributed by atoms with Crippen molar-refractivity contribution in [3.8, 4) is 0 Å². The molecule has 1 heterocycles. The lowest BCUT2D eigenvalue weighted by Gasteiger charge is -2.41. The summed E-state index contributed by atoms with van der Waals surface area (Å²) in [7, 11) is 0. The van der Waals surface area contributed by atoms with E-state index in [2.05, 4.69) is 23.8 Å². The Labute approximate surface area is 223 Å². The maximum atomic E-state index is 13.4. The number of likely N-dealkylation sites (tertiary alicyclic amines) is 1. The van der Waals surface area contributed by atoms with E-state index in [0.717, 1.165) is 0 Å². The van der Waals surface area contributed by atoms with Gasteiger partial charge in [-0.05, 0) is 46.0 Å². The smallest absolute Gasteiger partial charge is 0.410 e. The Kier molecular flexibility index (Phi) is 12.8. The van der Waals surface area contributed by atoms with Gasteiger partial charge < -0.3 is 29.7 Å². The molecule has 3 amide bonds. The predicted molar refractivity (Wildman–Crippen MR) is 145 cm³/mol. The average molecular weight is 524 g/mol. The lowest BCUT2D eigenvalue weighted by molar-refractivity contribution is -0.139. The van der Waals surface area contributed by atoms with Crippen molar-refractivity contribution in [2.75, 3.05) is 46.1 Å². The molecule has 9 heteroatoms. The van der Waals surface area contributed by atoms with Crippen LogP contribution in [0.25, 0.3) is 0 Å². The summed E-state index contributed by atoms with van der Waals surface area (Å²) in [5, 5.41) is 6.01.